The van der Waals surface area contributed by atoms with Crippen molar-refractivity contribution in [2.75, 3.05) is 33.7 Å². The van der Waals surface area contributed by atoms with Gasteiger partial charge in [-0.1, -0.05) is 36.4 Å². The van der Waals surface area contributed by atoms with E-state index in [4.69, 9.17) is 5.73 Å². The molecule has 2 aromatic carbocycles. The molecule has 3 heteroatoms. The Morgan fingerprint density at radius 2 is 1.95 bits per heavy atom. The number of nitrogens with zero attached hydrogens (tertiary/aromatic N) is 2. The van der Waals surface area contributed by atoms with E-state index in [1.807, 2.05) is 0 Å². The van der Waals surface area contributed by atoms with Gasteiger partial charge in [-0.05, 0) is 61.9 Å². The van der Waals surface area contributed by atoms with Crippen LogP contribution in [0.15, 0.2) is 36.4 Å². The first-order chi connectivity index (χ1) is 10.7. The van der Waals surface area contributed by atoms with Gasteiger partial charge in [0.15, 0.2) is 0 Å². The average Bonchev–Trinajstić information content (AvgIpc) is 2.89. The summed E-state index contributed by atoms with van der Waals surface area (Å²) < 4.78 is 0. The zero-order valence-electron chi connectivity index (χ0n) is 13.8. The lowest BCUT2D eigenvalue weighted by molar-refractivity contribution is 0.212. The summed E-state index contributed by atoms with van der Waals surface area (Å²) in [5.41, 5.74) is 9.01. The van der Waals surface area contributed by atoms with Gasteiger partial charge in [0.25, 0.3) is 0 Å². The van der Waals surface area contributed by atoms with Crippen molar-refractivity contribution in [3.63, 3.8) is 0 Å². The van der Waals surface area contributed by atoms with Crippen LogP contribution in [0, 0.1) is 0 Å². The molecule has 118 valence electrons. The van der Waals surface area contributed by atoms with Crippen molar-refractivity contribution in [1.29, 1.82) is 0 Å². The number of benzene rings is 2. The summed E-state index contributed by atoms with van der Waals surface area (Å²) in [5.74, 6) is 0. The largest absolute Gasteiger partial charge is 0.329 e. The van der Waals surface area contributed by atoms with Gasteiger partial charge >= 0.3 is 0 Å². The summed E-state index contributed by atoms with van der Waals surface area (Å²) in [6.07, 6.45) is 2.48. The molecule has 2 aromatic rings. The molecule has 0 amide bonds. The zero-order valence-corrected chi connectivity index (χ0v) is 13.8. The molecule has 0 spiro atoms. The second kappa shape index (κ2) is 6.78. The second-order valence-corrected chi connectivity index (χ2v) is 6.59. The van der Waals surface area contributed by atoms with Gasteiger partial charge in [-0.25, -0.2) is 0 Å². The number of hydrogen-bond donors (Lipinski definition) is 1. The molecular formula is C19H27N3. The molecule has 3 nitrogen and oxygen atoms in total. The normalized spacial score (nSPS) is 18.3. The number of fused-ring (bicyclic) bond motifs is 3. The molecule has 0 saturated carbocycles. The number of rotatable bonds is 6. The van der Waals surface area contributed by atoms with Gasteiger partial charge in [0.05, 0.1) is 0 Å². The molecule has 0 bridgehead atoms. The van der Waals surface area contributed by atoms with Crippen LogP contribution in [-0.2, 0) is 6.54 Å². The lowest BCUT2D eigenvalue weighted by atomic mass is 9.98. The molecule has 3 rings (SSSR count). The minimum Gasteiger partial charge on any atom is -0.329 e. The SMILES string of the molecule is CN(C)CCCCN1Cc2c(ccc3ccccc23)C1CN. The van der Waals surface area contributed by atoms with Gasteiger partial charge < -0.3 is 10.6 Å². The van der Waals surface area contributed by atoms with E-state index < -0.39 is 0 Å². The summed E-state index contributed by atoms with van der Waals surface area (Å²) in [6.45, 7) is 4.05. The van der Waals surface area contributed by atoms with Crippen LogP contribution in [0.3, 0.4) is 0 Å². The molecule has 0 saturated heterocycles. The minimum atomic E-state index is 0.388. The van der Waals surface area contributed by atoms with Gasteiger partial charge in [0.2, 0.25) is 0 Å². The fourth-order valence-corrected chi connectivity index (χ4v) is 3.61. The van der Waals surface area contributed by atoms with Crippen molar-refractivity contribution < 1.29 is 0 Å². The van der Waals surface area contributed by atoms with Crippen molar-refractivity contribution in [3.05, 3.63) is 47.5 Å². The Kier molecular flexibility index (Phi) is 4.77. The molecule has 1 unspecified atom stereocenters. The minimum absolute atomic E-state index is 0.388. The van der Waals surface area contributed by atoms with Crippen molar-refractivity contribution in [2.24, 2.45) is 5.73 Å². The van der Waals surface area contributed by atoms with E-state index in [2.05, 4.69) is 60.3 Å². The standard InChI is InChI=1S/C19H27N3/c1-21(2)11-5-6-12-22-14-18-16-8-4-3-7-15(16)9-10-17(18)19(22)13-20/h3-4,7-10,19H,5-6,11-14,20H2,1-2H3. The Hall–Kier alpha value is -1.42. The predicted molar refractivity (Wildman–Crippen MR) is 93.9 cm³/mol. The summed E-state index contributed by atoms with van der Waals surface area (Å²) in [5, 5.41) is 2.74. The van der Waals surface area contributed by atoms with Crippen LogP contribution in [0.4, 0.5) is 0 Å². The Balaban J connectivity index is 1.77. The van der Waals surface area contributed by atoms with Crippen LogP contribution in [0.25, 0.3) is 10.8 Å². The third-order valence-corrected chi connectivity index (χ3v) is 4.76. The lowest BCUT2D eigenvalue weighted by Crippen LogP contribution is -2.29. The highest BCUT2D eigenvalue weighted by Gasteiger charge is 2.29. The van der Waals surface area contributed by atoms with E-state index >= 15 is 0 Å². The first kappa shape index (κ1) is 15.5. The van der Waals surface area contributed by atoms with Crippen LogP contribution in [-0.4, -0.2) is 43.5 Å². The van der Waals surface area contributed by atoms with E-state index in [0.29, 0.717) is 12.6 Å². The maximum atomic E-state index is 6.09. The fraction of sp³-hybridized carbons (Fsp3) is 0.474. The van der Waals surface area contributed by atoms with E-state index in [9.17, 15) is 0 Å². The van der Waals surface area contributed by atoms with E-state index in [1.165, 1.54) is 34.7 Å². The molecule has 0 fully saturated rings. The molecule has 1 heterocycles. The van der Waals surface area contributed by atoms with E-state index in [0.717, 1.165) is 19.6 Å². The molecule has 2 N–H and O–H groups in total. The molecule has 1 aliphatic rings. The Bertz CT molecular complexity index is 636. The Morgan fingerprint density at radius 3 is 2.73 bits per heavy atom. The molecule has 0 aliphatic carbocycles. The Morgan fingerprint density at radius 1 is 1.14 bits per heavy atom. The van der Waals surface area contributed by atoms with Crippen molar-refractivity contribution >= 4 is 10.8 Å². The van der Waals surface area contributed by atoms with Gasteiger partial charge in [-0.3, -0.25) is 4.90 Å². The fourth-order valence-electron chi connectivity index (χ4n) is 3.61. The molecule has 0 radical (unpaired) electrons. The Labute approximate surface area is 133 Å². The number of unbranched alkanes of at least 4 members (excludes halogenated alkanes) is 1. The highest BCUT2D eigenvalue weighted by atomic mass is 15.2. The highest BCUT2D eigenvalue weighted by Crippen LogP contribution is 2.37. The monoisotopic (exact) mass is 297 g/mol. The van der Waals surface area contributed by atoms with Crippen molar-refractivity contribution in [1.82, 2.24) is 9.80 Å². The topological polar surface area (TPSA) is 32.5 Å². The average molecular weight is 297 g/mol. The first-order valence-electron chi connectivity index (χ1n) is 8.30. The van der Waals surface area contributed by atoms with Crippen LogP contribution >= 0.6 is 0 Å². The van der Waals surface area contributed by atoms with Gasteiger partial charge in [-0.2, -0.15) is 0 Å². The molecule has 1 atom stereocenters. The zero-order chi connectivity index (χ0) is 15.5. The van der Waals surface area contributed by atoms with E-state index in [-0.39, 0.29) is 0 Å². The number of nitrogens with two attached hydrogens (primary N) is 1. The third kappa shape index (κ3) is 3.02. The molecular weight excluding hydrogens is 270 g/mol. The first-order valence-corrected chi connectivity index (χ1v) is 8.30. The second-order valence-electron chi connectivity index (χ2n) is 6.59. The maximum Gasteiger partial charge on any atom is 0.0477 e. The van der Waals surface area contributed by atoms with Gasteiger partial charge in [-0.15, -0.1) is 0 Å². The van der Waals surface area contributed by atoms with Crippen molar-refractivity contribution in [3.8, 4) is 0 Å². The van der Waals surface area contributed by atoms with Crippen LogP contribution in [0.2, 0.25) is 0 Å². The summed E-state index contributed by atoms with van der Waals surface area (Å²) in [6, 6.07) is 13.6. The summed E-state index contributed by atoms with van der Waals surface area (Å²) in [4.78, 5) is 4.82. The predicted octanol–water partition coefficient (Wildman–Crippen LogP) is 3.00. The maximum absolute atomic E-state index is 6.09. The molecule has 22 heavy (non-hydrogen) atoms. The van der Waals surface area contributed by atoms with Crippen molar-refractivity contribution in [2.45, 2.75) is 25.4 Å². The smallest absolute Gasteiger partial charge is 0.0477 e. The third-order valence-electron chi connectivity index (χ3n) is 4.76. The quantitative estimate of drug-likeness (QED) is 0.832. The molecule has 0 aromatic heterocycles. The summed E-state index contributed by atoms with van der Waals surface area (Å²) >= 11 is 0. The lowest BCUT2D eigenvalue weighted by Gasteiger charge is -2.24. The molecule has 1 aliphatic heterocycles. The van der Waals surface area contributed by atoms with E-state index in [1.54, 1.807) is 0 Å². The van der Waals surface area contributed by atoms with Crippen LogP contribution in [0.5, 0.6) is 0 Å². The summed E-state index contributed by atoms with van der Waals surface area (Å²) in [7, 11) is 4.28. The van der Waals surface area contributed by atoms with Crippen LogP contribution in [0.1, 0.15) is 30.0 Å². The van der Waals surface area contributed by atoms with Gasteiger partial charge in [0.1, 0.15) is 0 Å². The highest BCUT2D eigenvalue weighted by molar-refractivity contribution is 5.87. The van der Waals surface area contributed by atoms with Crippen LogP contribution < -0.4 is 5.73 Å². The van der Waals surface area contributed by atoms with Gasteiger partial charge in [0, 0.05) is 19.1 Å². The number of hydrogen-bond acceptors (Lipinski definition) is 3.